The van der Waals surface area contributed by atoms with Gasteiger partial charge in [-0.2, -0.15) is 5.26 Å². The van der Waals surface area contributed by atoms with Crippen LogP contribution in [0.3, 0.4) is 0 Å². The molecule has 0 heterocycles. The lowest BCUT2D eigenvalue weighted by molar-refractivity contribution is 0.0526. The topological polar surface area (TPSA) is 67.2 Å². The molecule has 0 saturated heterocycles. The Hall–Kier alpha value is -1.67. The minimum absolute atomic E-state index is 0.0623. The van der Waals surface area contributed by atoms with Crippen molar-refractivity contribution in [1.82, 2.24) is 0 Å². The Morgan fingerprint density at radius 2 is 2.06 bits per heavy atom. The second-order valence-corrected chi connectivity index (χ2v) is 4.91. The monoisotopic (exact) mass is 309 g/mol. The van der Waals surface area contributed by atoms with Crippen molar-refractivity contribution >= 4 is 27.7 Å². The van der Waals surface area contributed by atoms with Crippen molar-refractivity contribution in [2.75, 3.05) is 6.61 Å². The van der Waals surface area contributed by atoms with Gasteiger partial charge in [0.15, 0.2) is 5.78 Å². The molecule has 0 fully saturated rings. The minimum Gasteiger partial charge on any atom is -0.462 e. The molecule has 0 saturated carbocycles. The molecular weight excluding hydrogens is 298 g/mol. The fourth-order valence-corrected chi connectivity index (χ4v) is 1.72. The molecule has 0 bridgehead atoms. The van der Waals surface area contributed by atoms with Gasteiger partial charge in [-0.15, -0.1) is 0 Å². The van der Waals surface area contributed by atoms with E-state index in [9.17, 15) is 9.59 Å². The molecule has 0 aliphatic carbocycles. The standard InChI is InChI=1S/C13H12BrNO3/c1-3-18-13(17)10-6-4-5-9(11(10)7-15)12(16)8(2)14/h4-6,8H,3H2,1-2H3. The highest BCUT2D eigenvalue weighted by atomic mass is 79.9. The van der Waals surface area contributed by atoms with Gasteiger partial charge in [-0.1, -0.05) is 22.0 Å². The largest absolute Gasteiger partial charge is 0.462 e. The summed E-state index contributed by atoms with van der Waals surface area (Å²) in [5.41, 5.74) is 0.415. The third-order valence-electron chi connectivity index (χ3n) is 2.30. The number of nitriles is 1. The summed E-state index contributed by atoms with van der Waals surface area (Å²) in [6, 6.07) is 6.47. The van der Waals surface area contributed by atoms with E-state index < -0.39 is 10.8 Å². The maximum absolute atomic E-state index is 11.9. The molecule has 0 spiro atoms. The number of alkyl halides is 1. The van der Waals surface area contributed by atoms with Crippen molar-refractivity contribution < 1.29 is 14.3 Å². The average Bonchev–Trinajstić information content (AvgIpc) is 2.36. The molecule has 0 aliphatic rings. The van der Waals surface area contributed by atoms with Crippen LogP contribution in [0.2, 0.25) is 0 Å². The predicted molar refractivity (Wildman–Crippen MR) is 69.8 cm³/mol. The first-order chi connectivity index (χ1) is 8.52. The smallest absolute Gasteiger partial charge is 0.339 e. The second-order valence-electron chi connectivity index (χ2n) is 3.54. The predicted octanol–water partition coefficient (Wildman–Crippen LogP) is 2.70. The number of benzene rings is 1. The molecule has 0 aliphatic heterocycles. The molecule has 0 radical (unpaired) electrons. The van der Waals surface area contributed by atoms with Crippen molar-refractivity contribution in [3.8, 4) is 6.07 Å². The fraction of sp³-hybridized carbons (Fsp3) is 0.308. The molecule has 1 atom stereocenters. The number of carbonyl (C=O) groups excluding carboxylic acids is 2. The third kappa shape index (κ3) is 2.96. The van der Waals surface area contributed by atoms with Gasteiger partial charge in [-0.3, -0.25) is 4.79 Å². The van der Waals surface area contributed by atoms with Gasteiger partial charge in [-0.05, 0) is 26.0 Å². The first-order valence-electron chi connectivity index (χ1n) is 5.41. The Bertz CT molecular complexity index is 517. The summed E-state index contributed by atoms with van der Waals surface area (Å²) in [7, 11) is 0. The molecule has 0 amide bonds. The van der Waals surface area contributed by atoms with Gasteiger partial charge in [0, 0.05) is 5.56 Å². The molecule has 1 aromatic rings. The van der Waals surface area contributed by atoms with Gasteiger partial charge < -0.3 is 4.74 Å². The summed E-state index contributed by atoms with van der Waals surface area (Å²) in [6.45, 7) is 3.57. The molecule has 94 valence electrons. The minimum atomic E-state index is -0.592. The van der Waals surface area contributed by atoms with Crippen molar-refractivity contribution in [2.45, 2.75) is 18.7 Å². The zero-order chi connectivity index (χ0) is 13.7. The molecule has 18 heavy (non-hydrogen) atoms. The summed E-state index contributed by atoms with van der Waals surface area (Å²) < 4.78 is 4.85. The van der Waals surface area contributed by atoms with Crippen molar-refractivity contribution in [1.29, 1.82) is 5.26 Å². The third-order valence-corrected chi connectivity index (χ3v) is 2.71. The number of nitrogens with zero attached hydrogens (tertiary/aromatic N) is 1. The Morgan fingerprint density at radius 1 is 1.44 bits per heavy atom. The lowest BCUT2D eigenvalue weighted by Crippen LogP contribution is -2.15. The van der Waals surface area contributed by atoms with Crippen LogP contribution in [0, 0.1) is 11.3 Å². The average molecular weight is 310 g/mol. The van der Waals surface area contributed by atoms with E-state index in [4.69, 9.17) is 10.00 Å². The maximum Gasteiger partial charge on any atom is 0.339 e. The first-order valence-corrected chi connectivity index (χ1v) is 6.33. The Morgan fingerprint density at radius 3 is 2.56 bits per heavy atom. The van der Waals surface area contributed by atoms with Crippen LogP contribution < -0.4 is 0 Å². The van der Waals surface area contributed by atoms with Crippen LogP contribution in [-0.2, 0) is 4.74 Å². The molecule has 1 aromatic carbocycles. The SMILES string of the molecule is CCOC(=O)c1cccc(C(=O)C(C)Br)c1C#N. The van der Waals surface area contributed by atoms with E-state index in [-0.39, 0.29) is 29.1 Å². The van der Waals surface area contributed by atoms with Crippen LogP contribution in [-0.4, -0.2) is 23.2 Å². The van der Waals surface area contributed by atoms with Gasteiger partial charge >= 0.3 is 5.97 Å². The maximum atomic E-state index is 11.9. The summed E-state index contributed by atoms with van der Waals surface area (Å²) >= 11 is 3.16. The van der Waals surface area contributed by atoms with E-state index in [2.05, 4.69) is 15.9 Å². The molecule has 0 aromatic heterocycles. The molecule has 5 heteroatoms. The summed E-state index contributed by atoms with van der Waals surface area (Å²) in [6.07, 6.45) is 0. The van der Waals surface area contributed by atoms with Crippen molar-refractivity contribution in [3.05, 3.63) is 34.9 Å². The van der Waals surface area contributed by atoms with E-state index >= 15 is 0 Å². The number of esters is 1. The van der Waals surface area contributed by atoms with E-state index in [0.717, 1.165) is 0 Å². The number of halogens is 1. The van der Waals surface area contributed by atoms with E-state index in [1.165, 1.54) is 12.1 Å². The second kappa shape index (κ2) is 6.31. The van der Waals surface area contributed by atoms with Crippen molar-refractivity contribution in [3.63, 3.8) is 0 Å². The number of hydrogen-bond donors (Lipinski definition) is 0. The van der Waals surface area contributed by atoms with E-state index in [0.29, 0.717) is 0 Å². The van der Waals surface area contributed by atoms with E-state index in [1.54, 1.807) is 19.9 Å². The quantitative estimate of drug-likeness (QED) is 0.487. The Balaban J connectivity index is 3.32. The molecule has 1 rings (SSSR count). The van der Waals surface area contributed by atoms with Crippen molar-refractivity contribution in [2.24, 2.45) is 0 Å². The highest BCUT2D eigenvalue weighted by Gasteiger charge is 2.21. The van der Waals surface area contributed by atoms with Crippen LogP contribution in [0.5, 0.6) is 0 Å². The van der Waals surface area contributed by atoms with Gasteiger partial charge in [0.2, 0.25) is 0 Å². The van der Waals surface area contributed by atoms with Crippen LogP contribution in [0.1, 0.15) is 40.1 Å². The number of ether oxygens (including phenoxy) is 1. The summed E-state index contributed by atoms with van der Waals surface area (Å²) in [4.78, 5) is 23.2. The zero-order valence-corrected chi connectivity index (χ0v) is 11.7. The van der Waals surface area contributed by atoms with E-state index in [1.807, 2.05) is 6.07 Å². The van der Waals surface area contributed by atoms with Gasteiger partial charge in [0.25, 0.3) is 0 Å². The highest BCUT2D eigenvalue weighted by Crippen LogP contribution is 2.19. The van der Waals surface area contributed by atoms with Crippen LogP contribution in [0.25, 0.3) is 0 Å². The van der Waals surface area contributed by atoms with Gasteiger partial charge in [0.05, 0.1) is 22.6 Å². The summed E-state index contributed by atoms with van der Waals surface area (Å²) in [5, 5.41) is 9.12. The highest BCUT2D eigenvalue weighted by molar-refractivity contribution is 9.10. The summed E-state index contributed by atoms with van der Waals surface area (Å²) in [5.74, 6) is -0.830. The van der Waals surface area contributed by atoms with Crippen LogP contribution in [0.4, 0.5) is 0 Å². The molecular formula is C13H12BrNO3. The molecule has 1 unspecified atom stereocenters. The number of ketones is 1. The van der Waals surface area contributed by atoms with Gasteiger partial charge in [0.1, 0.15) is 6.07 Å². The number of carbonyl (C=O) groups is 2. The first kappa shape index (κ1) is 14.4. The van der Waals surface area contributed by atoms with Crippen LogP contribution >= 0.6 is 15.9 Å². The van der Waals surface area contributed by atoms with Gasteiger partial charge in [-0.25, -0.2) is 4.79 Å². The lowest BCUT2D eigenvalue weighted by Gasteiger charge is -2.09. The molecule has 0 N–H and O–H groups in total. The lowest BCUT2D eigenvalue weighted by atomic mass is 9.98. The normalized spacial score (nSPS) is 11.4. The number of hydrogen-bond acceptors (Lipinski definition) is 4. The number of Topliss-reactive ketones (excluding diaryl/α,β-unsaturated/α-hetero) is 1. The Kier molecular flexibility index (Phi) is 5.05. The Labute approximate surface area is 114 Å². The van der Waals surface area contributed by atoms with Crippen LogP contribution in [0.15, 0.2) is 18.2 Å². The fourth-order valence-electron chi connectivity index (χ4n) is 1.47. The number of rotatable bonds is 4. The molecule has 4 nitrogen and oxygen atoms in total. The zero-order valence-electron chi connectivity index (χ0n) is 10.1.